The van der Waals surface area contributed by atoms with Gasteiger partial charge >= 0.3 is 5.97 Å². The molecule has 0 saturated heterocycles. The largest absolute Gasteiger partial charge is 0.481 e. The number of pyridine rings is 1. The van der Waals surface area contributed by atoms with Gasteiger partial charge in [0.05, 0.1) is 24.8 Å². The first-order valence-electron chi connectivity index (χ1n) is 9.21. The Morgan fingerprint density at radius 1 is 1.11 bits per heavy atom. The van der Waals surface area contributed by atoms with Crippen molar-refractivity contribution in [2.24, 2.45) is 5.92 Å². The first-order valence-corrected chi connectivity index (χ1v) is 9.21. The number of halogens is 1. The highest BCUT2D eigenvalue weighted by atomic mass is 19.1. The molecule has 1 fully saturated rings. The number of carboxylic acids is 1. The van der Waals surface area contributed by atoms with E-state index in [9.17, 15) is 19.4 Å². The number of carbonyl (C=O) groups is 1. The van der Waals surface area contributed by atoms with E-state index < -0.39 is 11.9 Å². The molecule has 28 heavy (non-hydrogen) atoms. The Hall–Kier alpha value is -3.06. The zero-order valence-electron chi connectivity index (χ0n) is 15.1. The van der Waals surface area contributed by atoms with Crippen LogP contribution in [0.25, 0.3) is 22.4 Å². The number of carboxylic acid groups (broad SMARTS) is 1. The maximum atomic E-state index is 13.4. The highest BCUT2D eigenvalue weighted by Gasteiger charge is 2.42. The molecule has 1 saturated carbocycles. The normalized spacial score (nSPS) is 18.6. The summed E-state index contributed by atoms with van der Waals surface area (Å²) in [5, 5.41) is 23.8. The van der Waals surface area contributed by atoms with Gasteiger partial charge in [-0.2, -0.15) is 5.10 Å². The molecule has 0 bridgehead atoms. The summed E-state index contributed by atoms with van der Waals surface area (Å²) in [4.78, 5) is 15.7. The Labute approximate surface area is 161 Å². The summed E-state index contributed by atoms with van der Waals surface area (Å²) in [5.41, 5.74) is 3.87. The third-order valence-corrected chi connectivity index (χ3v) is 5.33. The van der Waals surface area contributed by atoms with E-state index in [1.807, 2.05) is 12.1 Å². The zero-order valence-corrected chi connectivity index (χ0v) is 15.1. The number of aliphatic carboxylic acids is 1. The number of rotatable bonds is 6. The Kier molecular flexibility index (Phi) is 4.92. The van der Waals surface area contributed by atoms with E-state index in [2.05, 4.69) is 4.98 Å². The lowest BCUT2D eigenvalue weighted by Crippen LogP contribution is -2.33. The van der Waals surface area contributed by atoms with Gasteiger partial charge in [0.25, 0.3) is 0 Å². The number of aliphatic hydroxyl groups is 1. The van der Waals surface area contributed by atoms with Gasteiger partial charge in [0.15, 0.2) is 0 Å². The molecule has 1 aliphatic rings. The van der Waals surface area contributed by atoms with Crippen LogP contribution >= 0.6 is 0 Å². The van der Waals surface area contributed by atoms with Crippen LogP contribution in [0.4, 0.5) is 4.39 Å². The Morgan fingerprint density at radius 3 is 2.39 bits per heavy atom. The molecular weight excluding hydrogens is 361 g/mol. The van der Waals surface area contributed by atoms with Gasteiger partial charge < -0.3 is 10.2 Å². The smallest absolute Gasteiger partial charge is 0.307 e. The van der Waals surface area contributed by atoms with Crippen LogP contribution in [0.5, 0.6) is 0 Å². The van der Waals surface area contributed by atoms with Crippen LogP contribution in [0, 0.1) is 11.7 Å². The number of aromatic nitrogens is 3. The summed E-state index contributed by atoms with van der Waals surface area (Å²) in [6.45, 7) is 0.148. The molecule has 0 spiro atoms. The summed E-state index contributed by atoms with van der Waals surface area (Å²) in [6, 6.07) is 9.77. The van der Waals surface area contributed by atoms with Gasteiger partial charge in [-0.1, -0.05) is 0 Å². The molecule has 3 aromatic rings. The van der Waals surface area contributed by atoms with Crippen molar-refractivity contribution in [2.45, 2.75) is 25.3 Å². The molecule has 1 aromatic carbocycles. The molecular formula is C21H20FN3O3. The molecule has 2 atom stereocenters. The molecule has 144 valence electrons. The van der Waals surface area contributed by atoms with E-state index in [0.29, 0.717) is 12.1 Å². The van der Waals surface area contributed by atoms with Crippen molar-refractivity contribution in [3.05, 3.63) is 60.3 Å². The van der Waals surface area contributed by atoms with Crippen LogP contribution < -0.4 is 0 Å². The monoisotopic (exact) mass is 381 g/mol. The van der Waals surface area contributed by atoms with Gasteiger partial charge in [0.2, 0.25) is 0 Å². The van der Waals surface area contributed by atoms with E-state index in [1.54, 1.807) is 29.2 Å². The van der Waals surface area contributed by atoms with Crippen molar-refractivity contribution in [1.29, 1.82) is 0 Å². The zero-order chi connectivity index (χ0) is 19.7. The molecule has 4 rings (SSSR count). The minimum atomic E-state index is -0.822. The van der Waals surface area contributed by atoms with Gasteiger partial charge in [0.1, 0.15) is 11.5 Å². The molecule has 2 aromatic heterocycles. The first kappa shape index (κ1) is 18.3. The molecule has 2 heterocycles. The lowest BCUT2D eigenvalue weighted by molar-refractivity contribution is -0.145. The van der Waals surface area contributed by atoms with Crippen LogP contribution in [-0.4, -0.2) is 37.6 Å². The van der Waals surface area contributed by atoms with Crippen molar-refractivity contribution >= 4 is 5.97 Å². The topological polar surface area (TPSA) is 88.2 Å². The van der Waals surface area contributed by atoms with Gasteiger partial charge in [0, 0.05) is 29.4 Å². The van der Waals surface area contributed by atoms with E-state index >= 15 is 0 Å². The highest BCUT2D eigenvalue weighted by Crippen LogP contribution is 2.48. The van der Waals surface area contributed by atoms with Crippen LogP contribution in [0.3, 0.4) is 0 Å². The summed E-state index contributed by atoms with van der Waals surface area (Å²) in [7, 11) is 0. The van der Waals surface area contributed by atoms with Crippen molar-refractivity contribution in [2.75, 3.05) is 6.61 Å². The third-order valence-electron chi connectivity index (χ3n) is 5.33. The van der Waals surface area contributed by atoms with E-state index in [-0.39, 0.29) is 24.9 Å². The van der Waals surface area contributed by atoms with Crippen molar-refractivity contribution in [3.63, 3.8) is 0 Å². The Balaban J connectivity index is 1.95. The van der Waals surface area contributed by atoms with Crippen molar-refractivity contribution in [3.8, 4) is 22.4 Å². The average Bonchev–Trinajstić information content (AvgIpc) is 3.01. The van der Waals surface area contributed by atoms with E-state index in [1.165, 1.54) is 12.1 Å². The second-order valence-corrected chi connectivity index (χ2v) is 6.93. The minimum absolute atomic E-state index is 0.113. The number of benzene rings is 1. The molecule has 1 aliphatic carbocycles. The number of hydrogen-bond acceptors (Lipinski definition) is 4. The van der Waals surface area contributed by atoms with Gasteiger partial charge in [-0.05, 0) is 54.8 Å². The Morgan fingerprint density at radius 2 is 1.82 bits per heavy atom. The van der Waals surface area contributed by atoms with Gasteiger partial charge in [-0.25, -0.2) is 4.39 Å². The highest BCUT2D eigenvalue weighted by molar-refractivity contribution is 5.84. The predicted octanol–water partition coefficient (Wildman–Crippen LogP) is 3.32. The molecule has 0 aliphatic heterocycles. The minimum Gasteiger partial charge on any atom is -0.481 e. The first-order chi connectivity index (χ1) is 13.6. The number of hydrogen-bond donors (Lipinski definition) is 2. The van der Waals surface area contributed by atoms with Crippen molar-refractivity contribution in [1.82, 2.24) is 14.8 Å². The fraction of sp³-hybridized carbons (Fsp3) is 0.286. The molecule has 2 unspecified atom stereocenters. The van der Waals surface area contributed by atoms with Crippen LogP contribution in [-0.2, 0) is 11.3 Å². The molecule has 0 amide bonds. The number of aliphatic hydroxyl groups excluding tert-OH is 1. The fourth-order valence-electron chi connectivity index (χ4n) is 3.85. The van der Waals surface area contributed by atoms with Crippen LogP contribution in [0.15, 0.2) is 48.8 Å². The Bertz CT molecular complexity index is 986. The third kappa shape index (κ3) is 3.18. The van der Waals surface area contributed by atoms with Gasteiger partial charge in [-0.3, -0.25) is 14.5 Å². The maximum Gasteiger partial charge on any atom is 0.307 e. The van der Waals surface area contributed by atoms with Crippen molar-refractivity contribution < 1.29 is 19.4 Å². The quantitative estimate of drug-likeness (QED) is 0.684. The van der Waals surface area contributed by atoms with Crippen LogP contribution in [0.2, 0.25) is 0 Å². The standard InChI is InChI=1S/C21H20FN3O3/c22-15-3-1-14(2-4-15)19-18(13-7-9-23-10-8-13)20(25(24-19)11-12-26)16-5-6-17(16)21(27)28/h1-4,7-10,16-17,26H,5-6,11-12H2,(H,27,28). The lowest BCUT2D eigenvalue weighted by atomic mass is 9.70. The lowest BCUT2D eigenvalue weighted by Gasteiger charge is -2.34. The molecule has 0 radical (unpaired) electrons. The van der Waals surface area contributed by atoms with E-state index in [0.717, 1.165) is 28.8 Å². The predicted molar refractivity (Wildman–Crippen MR) is 101 cm³/mol. The van der Waals surface area contributed by atoms with Gasteiger partial charge in [-0.15, -0.1) is 0 Å². The summed E-state index contributed by atoms with van der Waals surface area (Å²) in [5.74, 6) is -1.82. The summed E-state index contributed by atoms with van der Waals surface area (Å²) < 4.78 is 15.1. The SMILES string of the molecule is O=C(O)C1CCC1c1c(-c2ccncc2)c(-c2ccc(F)cc2)nn1CCO. The average molecular weight is 381 g/mol. The molecule has 6 nitrogen and oxygen atoms in total. The summed E-state index contributed by atoms with van der Waals surface area (Å²) >= 11 is 0. The van der Waals surface area contributed by atoms with Crippen LogP contribution in [0.1, 0.15) is 24.5 Å². The summed E-state index contributed by atoms with van der Waals surface area (Å²) in [6.07, 6.45) is 4.71. The maximum absolute atomic E-state index is 13.4. The molecule has 7 heteroatoms. The fourth-order valence-corrected chi connectivity index (χ4v) is 3.85. The molecule has 2 N–H and O–H groups in total. The second-order valence-electron chi connectivity index (χ2n) is 6.93. The number of nitrogens with zero attached hydrogens (tertiary/aromatic N) is 3. The second kappa shape index (κ2) is 7.52. The van der Waals surface area contributed by atoms with E-state index in [4.69, 9.17) is 5.10 Å².